The highest BCUT2D eigenvalue weighted by Crippen LogP contribution is 2.32. The van der Waals surface area contributed by atoms with Crippen molar-refractivity contribution in [1.29, 1.82) is 0 Å². The number of halogens is 1. The number of hydroxylamine groups is 2. The summed E-state index contributed by atoms with van der Waals surface area (Å²) in [5.41, 5.74) is -2.81. The number of benzene rings is 1. The fourth-order valence-corrected chi connectivity index (χ4v) is 3.06. The van der Waals surface area contributed by atoms with Crippen LogP contribution in [-0.2, 0) is 19.1 Å². The van der Waals surface area contributed by atoms with E-state index in [0.717, 1.165) is 9.48 Å². The van der Waals surface area contributed by atoms with Crippen LogP contribution < -0.4 is 0 Å². The van der Waals surface area contributed by atoms with E-state index in [9.17, 15) is 14.4 Å². The van der Waals surface area contributed by atoms with Gasteiger partial charge in [0, 0.05) is 17.1 Å². The molecule has 170 valence electrons. The van der Waals surface area contributed by atoms with Gasteiger partial charge >= 0.3 is 12.2 Å². The summed E-state index contributed by atoms with van der Waals surface area (Å²) in [5, 5.41) is 5.99. The molecule has 31 heavy (non-hydrogen) atoms. The summed E-state index contributed by atoms with van der Waals surface area (Å²) in [4.78, 5) is 44.0. The predicted octanol–water partition coefficient (Wildman–Crippen LogP) is 4.49. The van der Waals surface area contributed by atoms with Crippen LogP contribution in [0, 0.1) is 0 Å². The van der Waals surface area contributed by atoms with Gasteiger partial charge in [0.2, 0.25) is 5.54 Å². The third-order valence-electron chi connectivity index (χ3n) is 4.06. The maximum atomic E-state index is 13.2. The molecule has 0 saturated heterocycles. The van der Waals surface area contributed by atoms with Crippen LogP contribution >= 0.6 is 15.9 Å². The molecule has 0 N–H and O–H groups in total. The second-order valence-corrected chi connectivity index (χ2v) is 10.1. The molecule has 1 aromatic rings. The Kier molecular flexibility index (Phi) is 6.75. The van der Waals surface area contributed by atoms with E-state index in [2.05, 4.69) is 21.0 Å². The zero-order valence-corrected chi connectivity index (χ0v) is 20.6. The Morgan fingerprint density at radius 1 is 1.03 bits per heavy atom. The first-order chi connectivity index (χ1) is 14.0. The molecule has 10 heteroatoms. The first-order valence-electron chi connectivity index (χ1n) is 9.62. The molecule has 1 aliphatic rings. The molecule has 0 fully saturated rings. The number of nitrogens with zero attached hydrogens (tertiary/aromatic N) is 3. The molecule has 0 aliphatic carbocycles. The quantitative estimate of drug-likeness (QED) is 0.441. The van der Waals surface area contributed by atoms with Crippen molar-refractivity contribution in [3.8, 4) is 0 Å². The van der Waals surface area contributed by atoms with Gasteiger partial charge in [0.25, 0.3) is 5.91 Å². The molecule has 1 heterocycles. The van der Waals surface area contributed by atoms with E-state index < -0.39 is 34.9 Å². The van der Waals surface area contributed by atoms with Gasteiger partial charge in [-0.2, -0.15) is 5.10 Å². The molecule has 0 saturated carbocycles. The minimum atomic E-state index is -1.79. The predicted molar refractivity (Wildman–Crippen MR) is 117 cm³/mol. The first-order valence-corrected chi connectivity index (χ1v) is 10.4. The van der Waals surface area contributed by atoms with E-state index in [1.54, 1.807) is 65.8 Å². The highest BCUT2D eigenvalue weighted by atomic mass is 79.9. The Balaban J connectivity index is 2.55. The lowest BCUT2D eigenvalue weighted by Crippen LogP contribution is -2.61. The number of carbonyl (C=O) groups excluding carboxylic acids is 3. The molecule has 1 atom stereocenters. The number of ether oxygens (including phenoxy) is 2. The molecular weight excluding hydrogens is 470 g/mol. The van der Waals surface area contributed by atoms with Crippen LogP contribution in [-0.4, -0.2) is 57.7 Å². The Bertz CT molecular complexity index is 901. The van der Waals surface area contributed by atoms with Gasteiger partial charge in [-0.25, -0.2) is 14.6 Å². The van der Waals surface area contributed by atoms with Crippen molar-refractivity contribution in [1.82, 2.24) is 10.1 Å². The fraction of sp³-hybridized carbons (Fsp3) is 0.524. The standard InChI is InChI=1S/C21H28BrN3O6/c1-19(2,3)29-17(27)25(31-18(28)30-20(4,5)6)21(7)15(23-24(8)16(21)26)13-9-11-14(22)12-10-13/h9-12H,1-8H3. The number of likely N-dealkylation sites (N-methyl/N-ethyl adjacent to an activating group) is 1. The number of rotatable bonds is 2. The van der Waals surface area contributed by atoms with E-state index in [0.29, 0.717) is 10.6 Å². The van der Waals surface area contributed by atoms with Crippen molar-refractivity contribution in [2.24, 2.45) is 5.10 Å². The van der Waals surface area contributed by atoms with Crippen LogP contribution in [0.2, 0.25) is 0 Å². The Hall–Kier alpha value is -2.62. The molecule has 0 aromatic heterocycles. The lowest BCUT2D eigenvalue weighted by molar-refractivity contribution is -0.176. The maximum absolute atomic E-state index is 13.2. The third-order valence-corrected chi connectivity index (χ3v) is 4.59. The summed E-state index contributed by atoms with van der Waals surface area (Å²) in [5.74, 6) is -0.583. The van der Waals surface area contributed by atoms with E-state index in [-0.39, 0.29) is 5.71 Å². The molecule has 9 nitrogen and oxygen atoms in total. The number of hydrogen-bond donors (Lipinski definition) is 0. The van der Waals surface area contributed by atoms with Crippen LogP contribution in [0.5, 0.6) is 0 Å². The smallest absolute Gasteiger partial charge is 0.442 e. The van der Waals surface area contributed by atoms with Gasteiger partial charge in [-0.15, -0.1) is 5.06 Å². The molecular formula is C21H28BrN3O6. The van der Waals surface area contributed by atoms with E-state index in [1.165, 1.54) is 14.0 Å². The fourth-order valence-electron chi connectivity index (χ4n) is 2.80. The number of amides is 2. The van der Waals surface area contributed by atoms with Gasteiger partial charge in [0.15, 0.2) is 0 Å². The molecule has 1 aliphatic heterocycles. The summed E-state index contributed by atoms with van der Waals surface area (Å²) in [6, 6.07) is 7.00. The summed E-state index contributed by atoms with van der Waals surface area (Å²) >= 11 is 3.36. The van der Waals surface area contributed by atoms with Crippen molar-refractivity contribution < 1.29 is 28.7 Å². The van der Waals surface area contributed by atoms with E-state index in [4.69, 9.17) is 14.3 Å². The van der Waals surface area contributed by atoms with Crippen LogP contribution in [0.15, 0.2) is 33.8 Å². The molecule has 1 aromatic carbocycles. The Labute approximate surface area is 190 Å². The van der Waals surface area contributed by atoms with Crippen LogP contribution in [0.3, 0.4) is 0 Å². The number of carbonyl (C=O) groups is 3. The minimum absolute atomic E-state index is 0.210. The largest absolute Gasteiger partial charge is 0.534 e. The summed E-state index contributed by atoms with van der Waals surface area (Å²) in [6.07, 6.45) is -2.19. The SMILES string of the molecule is CN1N=C(c2ccc(Br)cc2)C(C)(N(OC(=O)OC(C)(C)C)C(=O)OC(C)(C)C)C1=O. The van der Waals surface area contributed by atoms with E-state index >= 15 is 0 Å². The van der Waals surface area contributed by atoms with Crippen molar-refractivity contribution in [3.63, 3.8) is 0 Å². The third kappa shape index (κ3) is 5.75. The van der Waals surface area contributed by atoms with Crippen LogP contribution in [0.4, 0.5) is 9.59 Å². The van der Waals surface area contributed by atoms with Crippen LogP contribution in [0.25, 0.3) is 0 Å². The first kappa shape index (κ1) is 24.6. The summed E-state index contributed by atoms with van der Waals surface area (Å²) < 4.78 is 11.4. The monoisotopic (exact) mass is 497 g/mol. The zero-order valence-electron chi connectivity index (χ0n) is 19.0. The highest BCUT2D eigenvalue weighted by Gasteiger charge is 2.57. The lowest BCUT2D eigenvalue weighted by atomic mass is 9.90. The van der Waals surface area contributed by atoms with Gasteiger partial charge in [-0.05, 0) is 60.6 Å². The van der Waals surface area contributed by atoms with Gasteiger partial charge in [0.05, 0.1) is 0 Å². The molecule has 0 spiro atoms. The molecule has 2 amide bonds. The average molecular weight is 498 g/mol. The molecule has 0 radical (unpaired) electrons. The zero-order chi connectivity index (χ0) is 23.8. The Morgan fingerprint density at radius 2 is 1.55 bits per heavy atom. The van der Waals surface area contributed by atoms with Gasteiger partial charge in [-0.3, -0.25) is 9.63 Å². The van der Waals surface area contributed by atoms with E-state index in [1.807, 2.05) is 0 Å². The summed E-state index contributed by atoms with van der Waals surface area (Å²) in [6.45, 7) is 11.4. The highest BCUT2D eigenvalue weighted by molar-refractivity contribution is 9.10. The second kappa shape index (κ2) is 8.49. The van der Waals surface area contributed by atoms with Crippen molar-refractivity contribution >= 4 is 39.8 Å². The number of hydrazone groups is 1. The van der Waals surface area contributed by atoms with Gasteiger partial charge in [-0.1, -0.05) is 28.1 Å². The minimum Gasteiger partial charge on any atom is -0.442 e. The summed E-state index contributed by atoms with van der Waals surface area (Å²) in [7, 11) is 1.45. The van der Waals surface area contributed by atoms with Crippen LogP contribution in [0.1, 0.15) is 54.0 Å². The lowest BCUT2D eigenvalue weighted by Gasteiger charge is -2.36. The van der Waals surface area contributed by atoms with Crippen molar-refractivity contribution in [3.05, 3.63) is 34.3 Å². The van der Waals surface area contributed by atoms with Crippen molar-refractivity contribution in [2.45, 2.75) is 65.2 Å². The molecule has 0 bridgehead atoms. The van der Waals surface area contributed by atoms with Crippen molar-refractivity contribution in [2.75, 3.05) is 7.05 Å². The van der Waals surface area contributed by atoms with Gasteiger partial charge in [0.1, 0.15) is 16.9 Å². The second-order valence-electron chi connectivity index (χ2n) is 9.19. The Morgan fingerprint density at radius 3 is 2.03 bits per heavy atom. The normalized spacial score (nSPS) is 19.1. The average Bonchev–Trinajstić information content (AvgIpc) is 2.82. The van der Waals surface area contributed by atoms with Gasteiger partial charge < -0.3 is 9.47 Å². The molecule has 2 rings (SSSR count). The number of hydrogen-bond acceptors (Lipinski definition) is 7. The maximum Gasteiger partial charge on any atom is 0.534 e. The molecule has 1 unspecified atom stereocenters. The topological polar surface area (TPSA) is 97.7 Å².